The highest BCUT2D eigenvalue weighted by molar-refractivity contribution is 7.11. The minimum atomic E-state index is -2.92. The Bertz CT molecular complexity index is 810. The van der Waals surface area contributed by atoms with Crippen molar-refractivity contribution in [1.29, 1.82) is 0 Å². The number of amidine groups is 1. The number of carbonyl (C=O) groups is 2. The molecule has 11 heteroatoms. The Morgan fingerprint density at radius 1 is 1.50 bits per heavy atom. The maximum atomic E-state index is 14.0. The van der Waals surface area contributed by atoms with Crippen LogP contribution in [0.25, 0.3) is 0 Å². The summed E-state index contributed by atoms with van der Waals surface area (Å²) >= 11 is 1.36. The number of alkyl halides is 2. The molecule has 1 unspecified atom stereocenters. The van der Waals surface area contributed by atoms with Crippen LogP contribution < -0.4 is 11.1 Å². The van der Waals surface area contributed by atoms with Crippen LogP contribution in [0.4, 0.5) is 8.78 Å². The van der Waals surface area contributed by atoms with Crippen LogP contribution in [0.3, 0.4) is 0 Å². The largest absolute Gasteiger partial charge is 0.463 e. The number of amides is 1. The summed E-state index contributed by atoms with van der Waals surface area (Å²) in [6.07, 6.45) is 0.995. The summed E-state index contributed by atoms with van der Waals surface area (Å²) in [5.74, 6) is -3.65. The lowest BCUT2D eigenvalue weighted by molar-refractivity contribution is -0.138. The SMILES string of the molecule is CCOC(=O)C1=C(CN2CC(F)(F)CC2CC(N)=O)NC(c2nccs2)=NC1. The Balaban J connectivity index is 1.85. The van der Waals surface area contributed by atoms with E-state index < -0.39 is 36.8 Å². The molecule has 28 heavy (non-hydrogen) atoms. The topological polar surface area (TPSA) is 110 Å². The zero-order valence-electron chi connectivity index (χ0n) is 15.3. The number of thiazole rings is 1. The Labute approximate surface area is 164 Å². The molecule has 2 aliphatic heterocycles. The molecule has 3 N–H and O–H groups in total. The Hall–Kier alpha value is -2.40. The highest BCUT2D eigenvalue weighted by atomic mass is 32.1. The van der Waals surface area contributed by atoms with Crippen molar-refractivity contribution < 1.29 is 23.1 Å². The van der Waals surface area contributed by atoms with Gasteiger partial charge >= 0.3 is 5.97 Å². The molecule has 0 aromatic carbocycles. The van der Waals surface area contributed by atoms with E-state index in [9.17, 15) is 18.4 Å². The maximum absolute atomic E-state index is 14.0. The second-order valence-corrected chi connectivity index (χ2v) is 7.49. The van der Waals surface area contributed by atoms with Crippen molar-refractivity contribution in [2.24, 2.45) is 10.7 Å². The number of esters is 1. The number of likely N-dealkylation sites (tertiary alicyclic amines) is 1. The Morgan fingerprint density at radius 2 is 2.29 bits per heavy atom. The van der Waals surface area contributed by atoms with E-state index in [0.29, 0.717) is 16.5 Å². The van der Waals surface area contributed by atoms with E-state index in [-0.39, 0.29) is 31.7 Å². The van der Waals surface area contributed by atoms with Crippen LogP contribution in [0.2, 0.25) is 0 Å². The van der Waals surface area contributed by atoms with Gasteiger partial charge in [0, 0.05) is 42.7 Å². The molecule has 2 aliphatic rings. The predicted octanol–water partition coefficient (Wildman–Crippen LogP) is 0.895. The maximum Gasteiger partial charge on any atom is 0.337 e. The standard InChI is InChI=1S/C17H21F2N5O3S/c1-2-27-16(26)11-7-22-14(15-21-3-4-28-15)23-12(11)8-24-9-17(18,19)6-10(24)5-13(20)25/h3-4,10H,2,5-9H2,1H3,(H2,20,25)(H,22,23). The highest BCUT2D eigenvalue weighted by Crippen LogP contribution is 2.34. The number of hydrogen-bond acceptors (Lipinski definition) is 8. The van der Waals surface area contributed by atoms with Crippen molar-refractivity contribution in [3.8, 4) is 0 Å². The number of aliphatic imine (C=N–C) groups is 1. The van der Waals surface area contributed by atoms with Crippen molar-refractivity contribution >= 4 is 29.0 Å². The number of ether oxygens (including phenoxy) is 1. The summed E-state index contributed by atoms with van der Waals surface area (Å²) in [5, 5.41) is 5.46. The van der Waals surface area contributed by atoms with Crippen LogP contribution in [0.15, 0.2) is 27.8 Å². The van der Waals surface area contributed by atoms with Gasteiger partial charge < -0.3 is 15.8 Å². The molecule has 1 fully saturated rings. The van der Waals surface area contributed by atoms with E-state index >= 15 is 0 Å². The van der Waals surface area contributed by atoms with E-state index in [2.05, 4.69) is 15.3 Å². The highest BCUT2D eigenvalue weighted by Gasteiger charge is 2.45. The number of nitrogens with zero attached hydrogens (tertiary/aromatic N) is 3. The summed E-state index contributed by atoms with van der Waals surface area (Å²) in [6, 6.07) is -0.701. The molecule has 0 saturated carbocycles. The molecule has 1 aromatic heterocycles. The monoisotopic (exact) mass is 413 g/mol. The van der Waals surface area contributed by atoms with E-state index in [1.807, 2.05) is 0 Å². The first-order chi connectivity index (χ1) is 13.3. The molecule has 0 spiro atoms. The van der Waals surface area contributed by atoms with Gasteiger partial charge in [0.05, 0.1) is 25.3 Å². The van der Waals surface area contributed by atoms with Gasteiger partial charge in [0.2, 0.25) is 5.91 Å². The molecule has 0 radical (unpaired) electrons. The fourth-order valence-corrected chi connectivity index (χ4v) is 3.90. The van der Waals surface area contributed by atoms with Crippen LogP contribution >= 0.6 is 11.3 Å². The number of nitrogens with two attached hydrogens (primary N) is 1. The molecule has 1 aromatic rings. The van der Waals surface area contributed by atoms with Crippen LogP contribution in [-0.2, 0) is 14.3 Å². The van der Waals surface area contributed by atoms with Crippen molar-refractivity contribution in [2.75, 3.05) is 26.2 Å². The van der Waals surface area contributed by atoms with Crippen LogP contribution in [0.5, 0.6) is 0 Å². The second-order valence-electron chi connectivity index (χ2n) is 6.59. The summed E-state index contributed by atoms with van der Waals surface area (Å²) < 4.78 is 33.0. The third kappa shape index (κ3) is 4.71. The van der Waals surface area contributed by atoms with Gasteiger partial charge in [0.1, 0.15) is 0 Å². The summed E-state index contributed by atoms with van der Waals surface area (Å²) in [4.78, 5) is 33.6. The number of aromatic nitrogens is 1. The smallest absolute Gasteiger partial charge is 0.337 e. The van der Waals surface area contributed by atoms with Crippen LogP contribution in [-0.4, -0.2) is 65.8 Å². The lowest BCUT2D eigenvalue weighted by atomic mass is 10.1. The van der Waals surface area contributed by atoms with Gasteiger partial charge in [-0.05, 0) is 6.92 Å². The van der Waals surface area contributed by atoms with Gasteiger partial charge in [-0.25, -0.2) is 18.6 Å². The molecule has 1 atom stereocenters. The minimum Gasteiger partial charge on any atom is -0.463 e. The minimum absolute atomic E-state index is 0.0199. The molecular formula is C17H21F2N5O3S. The molecule has 0 aliphatic carbocycles. The molecule has 3 heterocycles. The van der Waals surface area contributed by atoms with Crippen molar-refractivity contribution in [2.45, 2.75) is 31.7 Å². The second kappa shape index (κ2) is 8.31. The van der Waals surface area contributed by atoms with Crippen molar-refractivity contribution in [1.82, 2.24) is 15.2 Å². The summed E-state index contributed by atoms with van der Waals surface area (Å²) in [5.41, 5.74) is 5.91. The Kier molecular flexibility index (Phi) is 6.04. The fraction of sp³-hybridized carbons (Fsp3) is 0.529. The van der Waals surface area contributed by atoms with Gasteiger partial charge in [-0.1, -0.05) is 0 Å². The van der Waals surface area contributed by atoms with Crippen LogP contribution in [0.1, 0.15) is 24.8 Å². The third-order valence-corrected chi connectivity index (χ3v) is 5.25. The van der Waals surface area contributed by atoms with E-state index in [1.165, 1.54) is 16.2 Å². The zero-order valence-corrected chi connectivity index (χ0v) is 16.1. The van der Waals surface area contributed by atoms with E-state index in [1.54, 1.807) is 18.5 Å². The molecule has 1 amide bonds. The molecule has 8 nitrogen and oxygen atoms in total. The number of halogens is 2. The van der Waals surface area contributed by atoms with Crippen molar-refractivity contribution in [3.05, 3.63) is 27.9 Å². The van der Waals surface area contributed by atoms with E-state index in [4.69, 9.17) is 10.5 Å². The van der Waals surface area contributed by atoms with Gasteiger partial charge in [-0.15, -0.1) is 11.3 Å². The normalized spacial score (nSPS) is 22.0. The number of nitrogens with one attached hydrogen (secondary N) is 1. The number of primary amides is 1. The Morgan fingerprint density at radius 3 is 2.93 bits per heavy atom. The van der Waals surface area contributed by atoms with Gasteiger partial charge in [-0.3, -0.25) is 14.7 Å². The number of rotatable bonds is 7. The molecule has 152 valence electrons. The van der Waals surface area contributed by atoms with Gasteiger partial charge in [0.25, 0.3) is 5.92 Å². The fourth-order valence-electron chi connectivity index (χ4n) is 3.30. The summed E-state index contributed by atoms with van der Waals surface area (Å²) in [7, 11) is 0. The molecule has 3 rings (SSSR count). The first-order valence-corrected chi connectivity index (χ1v) is 9.67. The first-order valence-electron chi connectivity index (χ1n) is 8.79. The predicted molar refractivity (Wildman–Crippen MR) is 99.0 cm³/mol. The molecule has 1 saturated heterocycles. The number of carbonyl (C=O) groups excluding carboxylic acids is 2. The third-order valence-electron chi connectivity index (χ3n) is 4.47. The molecular weight excluding hydrogens is 392 g/mol. The quantitative estimate of drug-likeness (QED) is 0.643. The molecule has 0 bridgehead atoms. The average molecular weight is 413 g/mol. The lowest BCUT2D eigenvalue weighted by Crippen LogP contribution is -2.41. The average Bonchev–Trinajstić information content (AvgIpc) is 3.23. The van der Waals surface area contributed by atoms with E-state index in [0.717, 1.165) is 0 Å². The zero-order chi connectivity index (χ0) is 20.3. The van der Waals surface area contributed by atoms with Crippen LogP contribution in [0, 0.1) is 0 Å². The van der Waals surface area contributed by atoms with Crippen molar-refractivity contribution in [3.63, 3.8) is 0 Å². The van der Waals surface area contributed by atoms with Gasteiger partial charge in [-0.2, -0.15) is 0 Å². The first kappa shape index (κ1) is 20.3. The lowest BCUT2D eigenvalue weighted by Gasteiger charge is -2.27. The van der Waals surface area contributed by atoms with Gasteiger partial charge in [0.15, 0.2) is 10.8 Å². The number of hydrogen-bond donors (Lipinski definition) is 2. The summed E-state index contributed by atoms with van der Waals surface area (Å²) in [6.45, 7) is 1.43.